The van der Waals surface area contributed by atoms with Gasteiger partial charge in [-0.2, -0.15) is 0 Å². The van der Waals surface area contributed by atoms with Gasteiger partial charge >= 0.3 is 0 Å². The first kappa shape index (κ1) is 18.4. The topological polar surface area (TPSA) is 55.9 Å². The van der Waals surface area contributed by atoms with Gasteiger partial charge in [0, 0.05) is 16.8 Å². The normalized spacial score (nSPS) is 13.3. The number of benzene rings is 2. The molecule has 0 radical (unpaired) electrons. The highest BCUT2D eigenvalue weighted by Gasteiger charge is 2.21. The molecule has 0 unspecified atom stereocenters. The lowest BCUT2D eigenvalue weighted by Crippen LogP contribution is -2.18. The average Bonchev–Trinajstić information content (AvgIpc) is 3.05. The fraction of sp³-hybridized carbons (Fsp3) is 0.200. The van der Waals surface area contributed by atoms with Crippen molar-refractivity contribution in [2.45, 2.75) is 25.3 Å². The smallest absolute Gasteiger partial charge is 0.168 e. The highest BCUT2D eigenvalue weighted by Crippen LogP contribution is 2.34. The molecule has 3 N–H and O–H groups in total. The lowest BCUT2D eigenvalue weighted by atomic mass is 9.92. The van der Waals surface area contributed by atoms with Crippen molar-refractivity contribution in [3.8, 4) is 11.3 Å². The summed E-state index contributed by atoms with van der Waals surface area (Å²) in [5, 5.41) is 3.73. The number of nitrogens with one attached hydrogen (secondary N) is 1. The number of imidazole rings is 1. The molecule has 1 saturated carbocycles. The number of nitrogens with zero attached hydrogens (tertiary/aromatic N) is 2. The largest absolute Gasteiger partial charge is 0.376 e. The molecule has 1 aliphatic rings. The molecule has 0 aliphatic heterocycles. The Morgan fingerprint density at radius 2 is 1.81 bits per heavy atom. The number of aromatic nitrogens is 2. The van der Waals surface area contributed by atoms with Crippen molar-refractivity contribution in [2.24, 2.45) is 5.73 Å². The van der Waals surface area contributed by atoms with Crippen molar-refractivity contribution in [1.29, 1.82) is 0 Å². The van der Waals surface area contributed by atoms with E-state index in [1.54, 1.807) is 12.1 Å². The Morgan fingerprint density at radius 3 is 2.38 bits per heavy atom. The zero-order chi connectivity index (χ0) is 18.4. The average molecular weight is 385 g/mol. The molecular formula is C20H21ClN4S. The number of rotatable bonds is 3. The minimum Gasteiger partial charge on any atom is -0.376 e. The van der Waals surface area contributed by atoms with E-state index in [9.17, 15) is 0 Å². The molecule has 2 aromatic carbocycles. The zero-order valence-electron chi connectivity index (χ0n) is 14.3. The summed E-state index contributed by atoms with van der Waals surface area (Å²) in [6.07, 6.45) is 7.89. The minimum absolute atomic E-state index is 0.257. The van der Waals surface area contributed by atoms with Crippen LogP contribution in [-0.4, -0.2) is 14.7 Å². The van der Waals surface area contributed by atoms with Crippen molar-refractivity contribution in [2.75, 3.05) is 5.32 Å². The van der Waals surface area contributed by atoms with Crippen LogP contribution in [0.2, 0.25) is 5.02 Å². The van der Waals surface area contributed by atoms with Crippen molar-refractivity contribution in [1.82, 2.24) is 9.55 Å². The molecule has 0 saturated heterocycles. The van der Waals surface area contributed by atoms with Crippen molar-refractivity contribution in [3.63, 3.8) is 0 Å². The summed E-state index contributed by atoms with van der Waals surface area (Å²) in [6.45, 7) is 0. The van der Waals surface area contributed by atoms with Gasteiger partial charge in [-0.25, -0.2) is 4.98 Å². The Hall–Kier alpha value is -2.37. The van der Waals surface area contributed by atoms with Crippen LogP contribution in [0.1, 0.15) is 25.3 Å². The Bertz CT molecular complexity index is 842. The van der Waals surface area contributed by atoms with Gasteiger partial charge in [-0.3, -0.25) is 0 Å². The summed E-state index contributed by atoms with van der Waals surface area (Å²) in [7, 11) is 0. The van der Waals surface area contributed by atoms with E-state index in [0.717, 1.165) is 5.69 Å². The molecule has 1 fully saturated rings. The maximum Gasteiger partial charge on any atom is 0.168 e. The predicted octanol–water partition coefficient (Wildman–Crippen LogP) is 5.27. The molecule has 1 heterocycles. The molecule has 0 atom stereocenters. The number of anilines is 1. The van der Waals surface area contributed by atoms with E-state index in [2.05, 4.69) is 51.4 Å². The van der Waals surface area contributed by atoms with Gasteiger partial charge in [-0.1, -0.05) is 41.9 Å². The van der Waals surface area contributed by atoms with Crippen LogP contribution in [0.3, 0.4) is 0 Å². The van der Waals surface area contributed by atoms with Crippen LogP contribution < -0.4 is 11.1 Å². The van der Waals surface area contributed by atoms with E-state index < -0.39 is 0 Å². The Morgan fingerprint density at radius 1 is 1.12 bits per heavy atom. The van der Waals surface area contributed by atoms with Gasteiger partial charge in [-0.15, -0.1) is 0 Å². The van der Waals surface area contributed by atoms with E-state index in [-0.39, 0.29) is 5.11 Å². The Labute approximate surface area is 164 Å². The maximum absolute atomic E-state index is 5.66. The molecule has 0 spiro atoms. The SMILES string of the molecule is NC(=S)Nc1ccc(Cl)cc1.c1ccc(-c2cncn2C2CCC2)cc1. The third-order valence-electron chi connectivity index (χ3n) is 4.32. The summed E-state index contributed by atoms with van der Waals surface area (Å²) in [4.78, 5) is 4.26. The highest BCUT2D eigenvalue weighted by molar-refractivity contribution is 7.80. The highest BCUT2D eigenvalue weighted by atomic mass is 35.5. The molecule has 26 heavy (non-hydrogen) atoms. The number of thiocarbonyl (C=S) groups is 1. The summed E-state index contributed by atoms with van der Waals surface area (Å²) in [5.74, 6) is 0. The van der Waals surface area contributed by atoms with Gasteiger partial charge in [0.25, 0.3) is 0 Å². The molecule has 4 rings (SSSR count). The first-order chi connectivity index (χ1) is 12.6. The number of hydrogen-bond acceptors (Lipinski definition) is 2. The molecule has 1 aromatic heterocycles. The van der Waals surface area contributed by atoms with Crippen LogP contribution in [0.25, 0.3) is 11.3 Å². The number of nitrogens with two attached hydrogens (primary N) is 1. The van der Waals surface area contributed by atoms with E-state index in [1.807, 2.05) is 30.7 Å². The fourth-order valence-electron chi connectivity index (χ4n) is 2.77. The summed E-state index contributed by atoms with van der Waals surface area (Å²) in [6, 6.07) is 18.3. The van der Waals surface area contributed by atoms with Gasteiger partial charge in [-0.05, 0) is 61.3 Å². The quantitative estimate of drug-likeness (QED) is 0.604. The fourth-order valence-corrected chi connectivity index (χ4v) is 3.01. The first-order valence-corrected chi connectivity index (χ1v) is 9.31. The summed E-state index contributed by atoms with van der Waals surface area (Å²) in [5.41, 5.74) is 8.61. The van der Waals surface area contributed by atoms with E-state index in [1.165, 1.54) is 30.5 Å². The number of hydrogen-bond donors (Lipinski definition) is 2. The van der Waals surface area contributed by atoms with Crippen molar-refractivity contribution >= 4 is 34.6 Å². The van der Waals surface area contributed by atoms with Gasteiger partial charge < -0.3 is 15.6 Å². The number of halogens is 1. The second-order valence-electron chi connectivity index (χ2n) is 6.13. The van der Waals surface area contributed by atoms with Gasteiger partial charge in [0.1, 0.15) is 0 Å². The van der Waals surface area contributed by atoms with E-state index in [4.69, 9.17) is 17.3 Å². The van der Waals surface area contributed by atoms with Gasteiger partial charge in [0.05, 0.1) is 18.2 Å². The standard InChI is InChI=1S/C13H14N2.C7H7ClN2S/c1-2-5-11(6-3-1)13-9-14-10-15(13)12-7-4-8-12;8-5-1-3-6(4-2-5)10-7(9)11/h1-3,5-6,9-10,12H,4,7-8H2;1-4H,(H3,9,10,11). The molecule has 6 heteroatoms. The van der Waals surface area contributed by atoms with Crippen molar-refractivity contribution in [3.05, 3.63) is 72.1 Å². The van der Waals surface area contributed by atoms with Gasteiger partial charge in [0.15, 0.2) is 5.11 Å². The molecule has 1 aliphatic carbocycles. The monoisotopic (exact) mass is 384 g/mol. The summed E-state index contributed by atoms with van der Waals surface area (Å²) < 4.78 is 2.32. The van der Waals surface area contributed by atoms with Crippen LogP contribution in [0.4, 0.5) is 5.69 Å². The van der Waals surface area contributed by atoms with Crippen LogP contribution in [0.15, 0.2) is 67.1 Å². The lowest BCUT2D eigenvalue weighted by Gasteiger charge is -2.28. The molecule has 4 nitrogen and oxygen atoms in total. The lowest BCUT2D eigenvalue weighted by molar-refractivity contribution is 0.316. The van der Waals surface area contributed by atoms with E-state index >= 15 is 0 Å². The Kier molecular flexibility index (Phi) is 6.26. The van der Waals surface area contributed by atoms with Crippen LogP contribution in [0.5, 0.6) is 0 Å². The molecular weight excluding hydrogens is 364 g/mol. The first-order valence-electron chi connectivity index (χ1n) is 8.53. The van der Waals surface area contributed by atoms with Crippen LogP contribution in [0, 0.1) is 0 Å². The maximum atomic E-state index is 5.66. The summed E-state index contributed by atoms with van der Waals surface area (Å²) >= 11 is 10.3. The van der Waals surface area contributed by atoms with Crippen LogP contribution in [-0.2, 0) is 0 Å². The molecule has 134 valence electrons. The minimum atomic E-state index is 0.257. The Balaban J connectivity index is 0.000000160. The molecule has 3 aromatic rings. The zero-order valence-corrected chi connectivity index (χ0v) is 15.9. The third kappa shape index (κ3) is 4.84. The second kappa shape index (κ2) is 8.83. The van der Waals surface area contributed by atoms with Crippen LogP contribution >= 0.6 is 23.8 Å². The van der Waals surface area contributed by atoms with Gasteiger partial charge in [0.2, 0.25) is 0 Å². The molecule has 0 bridgehead atoms. The van der Waals surface area contributed by atoms with Crippen molar-refractivity contribution < 1.29 is 0 Å². The third-order valence-corrected chi connectivity index (χ3v) is 4.67. The molecule has 0 amide bonds. The second-order valence-corrected chi connectivity index (χ2v) is 7.01. The predicted molar refractivity (Wildman–Crippen MR) is 112 cm³/mol. The van der Waals surface area contributed by atoms with E-state index in [0.29, 0.717) is 11.1 Å².